The minimum absolute atomic E-state index is 0.0553. The lowest BCUT2D eigenvalue weighted by molar-refractivity contribution is -0.119. The number of nitrogens with zero attached hydrogens (tertiary/aromatic N) is 2. The van der Waals surface area contributed by atoms with Crippen molar-refractivity contribution in [2.75, 3.05) is 24.5 Å². The van der Waals surface area contributed by atoms with Crippen molar-refractivity contribution in [3.05, 3.63) is 21.2 Å². The van der Waals surface area contributed by atoms with Crippen LogP contribution < -0.4 is 10.2 Å². The maximum absolute atomic E-state index is 10.9. The monoisotopic (exact) mass is 389 g/mol. The molecule has 1 fully saturated rings. The molecule has 1 N–H and O–H groups in total. The predicted molar refractivity (Wildman–Crippen MR) is 83.3 cm³/mol. The third-order valence-corrected chi connectivity index (χ3v) is 4.36. The Morgan fingerprint density at radius 1 is 1.47 bits per heavy atom. The van der Waals surface area contributed by atoms with Gasteiger partial charge in [-0.3, -0.25) is 4.79 Å². The third kappa shape index (κ3) is 4.18. The SMILES string of the molecule is CC(=O)NCC1CCN(c2ncc(Br)cc2Br)CC1. The highest BCUT2D eigenvalue weighted by atomic mass is 79.9. The molecule has 0 unspecified atom stereocenters. The Labute approximate surface area is 130 Å². The molecule has 0 spiro atoms. The van der Waals surface area contributed by atoms with Gasteiger partial charge < -0.3 is 10.2 Å². The number of carbonyl (C=O) groups is 1. The summed E-state index contributed by atoms with van der Waals surface area (Å²) in [6, 6.07) is 2.02. The van der Waals surface area contributed by atoms with E-state index in [0.29, 0.717) is 5.92 Å². The summed E-state index contributed by atoms with van der Waals surface area (Å²) in [5, 5.41) is 2.90. The molecular weight excluding hydrogens is 374 g/mol. The Balaban J connectivity index is 1.90. The van der Waals surface area contributed by atoms with Gasteiger partial charge in [-0.15, -0.1) is 0 Å². The van der Waals surface area contributed by atoms with Crippen LogP contribution in [0.5, 0.6) is 0 Å². The van der Waals surface area contributed by atoms with Crippen LogP contribution in [-0.2, 0) is 4.79 Å². The molecule has 0 aliphatic carbocycles. The molecule has 6 heteroatoms. The molecule has 1 saturated heterocycles. The lowest BCUT2D eigenvalue weighted by Crippen LogP contribution is -2.38. The molecule has 1 aliphatic rings. The van der Waals surface area contributed by atoms with E-state index in [2.05, 4.69) is 47.1 Å². The number of nitrogens with one attached hydrogen (secondary N) is 1. The van der Waals surface area contributed by atoms with Gasteiger partial charge in [0.25, 0.3) is 0 Å². The molecule has 19 heavy (non-hydrogen) atoms. The van der Waals surface area contributed by atoms with E-state index >= 15 is 0 Å². The van der Waals surface area contributed by atoms with Crippen molar-refractivity contribution in [2.45, 2.75) is 19.8 Å². The van der Waals surface area contributed by atoms with Crippen molar-refractivity contribution >= 4 is 43.6 Å². The van der Waals surface area contributed by atoms with Gasteiger partial charge in [0, 0.05) is 37.2 Å². The third-order valence-electron chi connectivity index (χ3n) is 3.34. The average molecular weight is 391 g/mol. The highest BCUT2D eigenvalue weighted by Crippen LogP contribution is 2.29. The second kappa shape index (κ2) is 6.70. The summed E-state index contributed by atoms with van der Waals surface area (Å²) in [4.78, 5) is 17.7. The normalized spacial score (nSPS) is 16.5. The van der Waals surface area contributed by atoms with E-state index in [1.54, 1.807) is 6.92 Å². The van der Waals surface area contributed by atoms with E-state index in [1.165, 1.54) is 0 Å². The van der Waals surface area contributed by atoms with Gasteiger partial charge in [0.1, 0.15) is 5.82 Å². The highest BCUT2D eigenvalue weighted by Gasteiger charge is 2.21. The van der Waals surface area contributed by atoms with Gasteiger partial charge in [-0.25, -0.2) is 4.98 Å². The van der Waals surface area contributed by atoms with Gasteiger partial charge in [0.15, 0.2) is 0 Å². The smallest absolute Gasteiger partial charge is 0.216 e. The fraction of sp³-hybridized carbons (Fsp3) is 0.538. The zero-order valence-electron chi connectivity index (χ0n) is 10.8. The predicted octanol–water partition coefficient (Wildman–Crippen LogP) is 2.96. The lowest BCUT2D eigenvalue weighted by Gasteiger charge is -2.33. The maximum atomic E-state index is 10.9. The van der Waals surface area contributed by atoms with Gasteiger partial charge in [0.2, 0.25) is 5.91 Å². The number of aromatic nitrogens is 1. The van der Waals surface area contributed by atoms with E-state index in [0.717, 1.165) is 47.2 Å². The molecule has 1 aromatic rings. The number of pyridine rings is 1. The number of amides is 1. The van der Waals surface area contributed by atoms with E-state index in [1.807, 2.05) is 12.3 Å². The number of carbonyl (C=O) groups excluding carboxylic acids is 1. The Kier molecular flexibility index (Phi) is 5.21. The molecule has 0 bridgehead atoms. The van der Waals surface area contributed by atoms with Crippen molar-refractivity contribution in [3.63, 3.8) is 0 Å². The van der Waals surface area contributed by atoms with Gasteiger partial charge in [-0.1, -0.05) is 0 Å². The highest BCUT2D eigenvalue weighted by molar-refractivity contribution is 9.11. The molecule has 1 amide bonds. The van der Waals surface area contributed by atoms with E-state index in [-0.39, 0.29) is 5.91 Å². The van der Waals surface area contributed by atoms with Crippen molar-refractivity contribution in [3.8, 4) is 0 Å². The van der Waals surface area contributed by atoms with E-state index < -0.39 is 0 Å². The van der Waals surface area contributed by atoms with Crippen LogP contribution in [0.3, 0.4) is 0 Å². The first-order valence-corrected chi connectivity index (χ1v) is 7.95. The minimum atomic E-state index is 0.0553. The standard InChI is InChI=1S/C13H17Br2N3O/c1-9(19)16-7-10-2-4-18(5-3-10)13-12(15)6-11(14)8-17-13/h6,8,10H,2-5,7H2,1H3,(H,16,19). The number of hydrogen-bond acceptors (Lipinski definition) is 3. The second-order valence-electron chi connectivity index (χ2n) is 4.83. The largest absolute Gasteiger partial charge is 0.356 e. The van der Waals surface area contributed by atoms with Crippen molar-refractivity contribution in [2.24, 2.45) is 5.92 Å². The van der Waals surface area contributed by atoms with Crippen LogP contribution in [0.15, 0.2) is 21.2 Å². The van der Waals surface area contributed by atoms with Gasteiger partial charge in [0.05, 0.1) is 4.47 Å². The van der Waals surface area contributed by atoms with E-state index in [9.17, 15) is 4.79 Å². The molecule has 0 saturated carbocycles. The molecule has 4 nitrogen and oxygen atoms in total. The molecule has 1 aromatic heterocycles. The van der Waals surface area contributed by atoms with Gasteiger partial charge >= 0.3 is 0 Å². The van der Waals surface area contributed by atoms with Gasteiger partial charge in [-0.05, 0) is 56.7 Å². The van der Waals surface area contributed by atoms with Crippen LogP contribution in [0.25, 0.3) is 0 Å². The van der Waals surface area contributed by atoms with Gasteiger partial charge in [-0.2, -0.15) is 0 Å². The number of hydrogen-bond donors (Lipinski definition) is 1. The zero-order chi connectivity index (χ0) is 13.8. The Morgan fingerprint density at radius 2 is 2.16 bits per heavy atom. The van der Waals surface area contributed by atoms with Crippen LogP contribution in [0.2, 0.25) is 0 Å². The summed E-state index contributed by atoms with van der Waals surface area (Å²) in [6.07, 6.45) is 4.00. The topological polar surface area (TPSA) is 45.2 Å². The minimum Gasteiger partial charge on any atom is -0.356 e. The first-order chi connectivity index (χ1) is 9.06. The summed E-state index contributed by atoms with van der Waals surface area (Å²) in [6.45, 7) is 4.32. The van der Waals surface area contributed by atoms with Crippen LogP contribution in [0.4, 0.5) is 5.82 Å². The fourth-order valence-electron chi connectivity index (χ4n) is 2.28. The Morgan fingerprint density at radius 3 is 2.74 bits per heavy atom. The fourth-order valence-corrected chi connectivity index (χ4v) is 3.52. The first-order valence-electron chi connectivity index (χ1n) is 6.36. The molecule has 104 valence electrons. The molecule has 0 aromatic carbocycles. The quantitative estimate of drug-likeness (QED) is 0.862. The number of rotatable bonds is 3. The second-order valence-corrected chi connectivity index (χ2v) is 6.60. The summed E-state index contributed by atoms with van der Waals surface area (Å²) in [7, 11) is 0. The van der Waals surface area contributed by atoms with Crippen LogP contribution in [-0.4, -0.2) is 30.5 Å². The Hall–Kier alpha value is -0.620. The maximum Gasteiger partial charge on any atom is 0.216 e. The molecule has 2 rings (SSSR count). The lowest BCUT2D eigenvalue weighted by atomic mass is 9.97. The first kappa shape index (κ1) is 14.8. The molecule has 0 atom stereocenters. The molecule has 2 heterocycles. The van der Waals surface area contributed by atoms with Crippen molar-refractivity contribution in [1.82, 2.24) is 10.3 Å². The Bertz CT molecular complexity index is 459. The summed E-state index contributed by atoms with van der Waals surface area (Å²) in [5.74, 6) is 1.63. The summed E-state index contributed by atoms with van der Waals surface area (Å²) < 4.78 is 1.99. The summed E-state index contributed by atoms with van der Waals surface area (Å²) >= 11 is 6.97. The number of halogens is 2. The van der Waals surface area contributed by atoms with Crippen LogP contribution in [0.1, 0.15) is 19.8 Å². The number of piperidine rings is 1. The molecule has 0 radical (unpaired) electrons. The summed E-state index contributed by atoms with van der Waals surface area (Å²) in [5.41, 5.74) is 0. The average Bonchev–Trinajstić information content (AvgIpc) is 2.37. The van der Waals surface area contributed by atoms with Crippen molar-refractivity contribution in [1.29, 1.82) is 0 Å². The van der Waals surface area contributed by atoms with Crippen LogP contribution in [0, 0.1) is 5.92 Å². The van der Waals surface area contributed by atoms with Crippen molar-refractivity contribution < 1.29 is 4.79 Å². The molecule has 1 aliphatic heterocycles. The van der Waals surface area contributed by atoms with Crippen LogP contribution >= 0.6 is 31.9 Å². The molecular formula is C13H17Br2N3O. The zero-order valence-corrected chi connectivity index (χ0v) is 14.0. The van der Waals surface area contributed by atoms with E-state index in [4.69, 9.17) is 0 Å². The number of anilines is 1.